The summed E-state index contributed by atoms with van der Waals surface area (Å²) in [6.45, 7) is 3.69. The van der Waals surface area contributed by atoms with Gasteiger partial charge in [0.1, 0.15) is 18.5 Å². The Kier molecular flexibility index (Phi) is 4.45. The third-order valence-electron chi connectivity index (χ3n) is 5.07. The Hall–Kier alpha value is -2.69. The fourth-order valence-electron chi connectivity index (χ4n) is 3.53. The molecule has 2 aromatic rings. The highest BCUT2D eigenvalue weighted by Gasteiger charge is 2.38. The summed E-state index contributed by atoms with van der Waals surface area (Å²) in [6, 6.07) is 13.8. The molecule has 5 nitrogen and oxygen atoms in total. The molecule has 0 N–H and O–H groups in total. The second kappa shape index (κ2) is 6.90. The molecule has 0 spiro atoms. The Morgan fingerprint density at radius 2 is 1.88 bits per heavy atom. The highest BCUT2D eigenvalue weighted by molar-refractivity contribution is 5.80. The molecule has 4 rings (SSSR count). The SMILES string of the molecule is COc1cccc2c1OCC(C(=O)N1CC(Oc3ccccc3C)C1)C2. The van der Waals surface area contributed by atoms with Crippen molar-refractivity contribution in [2.24, 2.45) is 5.92 Å². The summed E-state index contributed by atoms with van der Waals surface area (Å²) in [7, 11) is 1.63. The van der Waals surface area contributed by atoms with Crippen molar-refractivity contribution in [3.63, 3.8) is 0 Å². The Balaban J connectivity index is 1.34. The number of carbonyl (C=O) groups is 1. The van der Waals surface area contributed by atoms with Crippen LogP contribution in [0, 0.1) is 12.8 Å². The number of methoxy groups -OCH3 is 1. The van der Waals surface area contributed by atoms with Crippen molar-refractivity contribution in [2.75, 3.05) is 26.8 Å². The third kappa shape index (κ3) is 3.09. The van der Waals surface area contributed by atoms with Gasteiger partial charge in [-0.2, -0.15) is 0 Å². The summed E-state index contributed by atoms with van der Waals surface area (Å²) in [5.74, 6) is 2.39. The normalized spacial score (nSPS) is 19.2. The molecule has 0 aliphatic carbocycles. The van der Waals surface area contributed by atoms with Crippen LogP contribution in [0.2, 0.25) is 0 Å². The van der Waals surface area contributed by atoms with Crippen molar-refractivity contribution in [1.82, 2.24) is 4.90 Å². The smallest absolute Gasteiger partial charge is 0.229 e. The molecule has 1 atom stereocenters. The second-order valence-electron chi connectivity index (χ2n) is 6.91. The first-order valence-electron chi connectivity index (χ1n) is 8.95. The Labute approximate surface area is 153 Å². The van der Waals surface area contributed by atoms with Crippen LogP contribution < -0.4 is 14.2 Å². The topological polar surface area (TPSA) is 48.0 Å². The minimum absolute atomic E-state index is 0.0666. The van der Waals surface area contributed by atoms with Crippen LogP contribution >= 0.6 is 0 Å². The summed E-state index contributed by atoms with van der Waals surface area (Å²) >= 11 is 0. The predicted molar refractivity (Wildman–Crippen MR) is 97.9 cm³/mol. The standard InChI is InChI=1S/C21H23NO4/c1-14-6-3-4-8-18(14)26-17-11-22(12-17)21(23)16-10-15-7-5-9-19(24-2)20(15)25-13-16/h3-9,16-17H,10-13H2,1-2H3. The molecule has 2 aliphatic rings. The average Bonchev–Trinajstić information content (AvgIpc) is 2.64. The molecule has 0 aromatic heterocycles. The van der Waals surface area contributed by atoms with Crippen molar-refractivity contribution in [3.8, 4) is 17.2 Å². The van der Waals surface area contributed by atoms with E-state index in [1.165, 1.54) is 0 Å². The maximum absolute atomic E-state index is 12.8. The van der Waals surface area contributed by atoms with Gasteiger partial charge in [0.25, 0.3) is 0 Å². The van der Waals surface area contributed by atoms with Gasteiger partial charge in [0.15, 0.2) is 11.5 Å². The quantitative estimate of drug-likeness (QED) is 0.848. The molecule has 0 radical (unpaired) electrons. The van der Waals surface area contributed by atoms with Gasteiger partial charge in [-0.1, -0.05) is 30.3 Å². The van der Waals surface area contributed by atoms with Crippen molar-refractivity contribution in [1.29, 1.82) is 0 Å². The fraction of sp³-hybridized carbons (Fsp3) is 0.381. The van der Waals surface area contributed by atoms with Gasteiger partial charge in [-0.3, -0.25) is 4.79 Å². The number of fused-ring (bicyclic) bond motifs is 1. The lowest BCUT2D eigenvalue weighted by atomic mass is 9.94. The molecular formula is C21H23NO4. The van der Waals surface area contributed by atoms with Crippen molar-refractivity contribution >= 4 is 5.91 Å². The highest BCUT2D eigenvalue weighted by Crippen LogP contribution is 2.36. The largest absolute Gasteiger partial charge is 0.493 e. The van der Waals surface area contributed by atoms with E-state index in [1.807, 2.05) is 54.3 Å². The lowest BCUT2D eigenvalue weighted by Gasteiger charge is -2.41. The zero-order chi connectivity index (χ0) is 18.1. The van der Waals surface area contributed by atoms with Crippen LogP contribution in [0.5, 0.6) is 17.2 Å². The van der Waals surface area contributed by atoms with Gasteiger partial charge in [-0.25, -0.2) is 0 Å². The van der Waals surface area contributed by atoms with E-state index in [-0.39, 0.29) is 17.9 Å². The molecule has 1 saturated heterocycles. The summed E-state index contributed by atoms with van der Waals surface area (Å²) < 4.78 is 17.2. The first-order chi connectivity index (χ1) is 12.7. The molecule has 1 unspecified atom stereocenters. The van der Waals surface area contributed by atoms with Gasteiger partial charge in [0.2, 0.25) is 5.91 Å². The summed E-state index contributed by atoms with van der Waals surface area (Å²) in [6.07, 6.45) is 0.752. The van der Waals surface area contributed by atoms with E-state index < -0.39 is 0 Å². The van der Waals surface area contributed by atoms with Gasteiger partial charge >= 0.3 is 0 Å². The fourth-order valence-corrected chi connectivity index (χ4v) is 3.53. The summed E-state index contributed by atoms with van der Waals surface area (Å²) in [5.41, 5.74) is 2.14. The van der Waals surface area contributed by atoms with Crippen LogP contribution in [0.15, 0.2) is 42.5 Å². The van der Waals surface area contributed by atoms with E-state index in [0.717, 1.165) is 28.4 Å². The second-order valence-corrected chi connectivity index (χ2v) is 6.91. The van der Waals surface area contributed by atoms with Crippen LogP contribution in [-0.4, -0.2) is 43.7 Å². The van der Waals surface area contributed by atoms with Crippen molar-refractivity contribution in [2.45, 2.75) is 19.4 Å². The summed E-state index contributed by atoms with van der Waals surface area (Å²) in [5, 5.41) is 0. The number of hydrogen-bond acceptors (Lipinski definition) is 4. The van der Waals surface area contributed by atoms with Gasteiger partial charge in [-0.15, -0.1) is 0 Å². The van der Waals surface area contributed by atoms with Crippen molar-refractivity contribution in [3.05, 3.63) is 53.6 Å². The zero-order valence-corrected chi connectivity index (χ0v) is 15.1. The monoisotopic (exact) mass is 353 g/mol. The number of aryl methyl sites for hydroxylation is 1. The number of amides is 1. The van der Waals surface area contributed by atoms with Gasteiger partial charge in [-0.05, 0) is 36.6 Å². The predicted octanol–water partition coefficient (Wildman–Crippen LogP) is 2.84. The lowest BCUT2D eigenvalue weighted by Crippen LogP contribution is -2.58. The molecule has 5 heteroatoms. The first-order valence-corrected chi connectivity index (χ1v) is 8.95. The number of para-hydroxylation sites is 2. The maximum Gasteiger partial charge on any atom is 0.229 e. The van der Waals surface area contributed by atoms with Crippen LogP contribution in [0.25, 0.3) is 0 Å². The number of likely N-dealkylation sites (tertiary alicyclic amines) is 1. The molecular weight excluding hydrogens is 330 g/mol. The molecule has 26 heavy (non-hydrogen) atoms. The van der Waals surface area contributed by atoms with E-state index in [9.17, 15) is 4.79 Å². The number of rotatable bonds is 4. The molecule has 1 fully saturated rings. The molecule has 0 saturated carbocycles. The van der Waals surface area contributed by atoms with Crippen LogP contribution in [-0.2, 0) is 11.2 Å². The van der Waals surface area contributed by atoms with E-state index in [0.29, 0.717) is 26.1 Å². The molecule has 0 bridgehead atoms. The first kappa shape index (κ1) is 16.8. The van der Waals surface area contributed by atoms with Crippen molar-refractivity contribution < 1.29 is 19.0 Å². The number of carbonyl (C=O) groups excluding carboxylic acids is 1. The minimum Gasteiger partial charge on any atom is -0.493 e. The van der Waals surface area contributed by atoms with Gasteiger partial charge in [0.05, 0.1) is 26.1 Å². The molecule has 2 aliphatic heterocycles. The lowest BCUT2D eigenvalue weighted by molar-refractivity contribution is -0.145. The Morgan fingerprint density at radius 3 is 2.65 bits per heavy atom. The third-order valence-corrected chi connectivity index (χ3v) is 5.07. The number of hydrogen-bond donors (Lipinski definition) is 0. The Bertz CT molecular complexity index is 813. The zero-order valence-electron chi connectivity index (χ0n) is 15.1. The Morgan fingerprint density at radius 1 is 1.12 bits per heavy atom. The van der Waals surface area contributed by atoms with E-state index in [1.54, 1.807) is 7.11 Å². The highest BCUT2D eigenvalue weighted by atomic mass is 16.5. The van der Waals surface area contributed by atoms with Gasteiger partial charge in [0, 0.05) is 0 Å². The summed E-state index contributed by atoms with van der Waals surface area (Å²) in [4.78, 5) is 14.6. The number of nitrogens with zero attached hydrogens (tertiary/aromatic N) is 1. The van der Waals surface area contributed by atoms with E-state index >= 15 is 0 Å². The average molecular weight is 353 g/mol. The number of ether oxygens (including phenoxy) is 3. The van der Waals surface area contributed by atoms with Crippen LogP contribution in [0.3, 0.4) is 0 Å². The molecule has 2 heterocycles. The van der Waals surface area contributed by atoms with E-state index in [2.05, 4.69) is 0 Å². The van der Waals surface area contributed by atoms with Crippen LogP contribution in [0.1, 0.15) is 11.1 Å². The molecule has 1 amide bonds. The van der Waals surface area contributed by atoms with Crippen LogP contribution in [0.4, 0.5) is 0 Å². The maximum atomic E-state index is 12.8. The van der Waals surface area contributed by atoms with Gasteiger partial charge < -0.3 is 19.1 Å². The molecule has 2 aromatic carbocycles. The van der Waals surface area contributed by atoms with E-state index in [4.69, 9.17) is 14.2 Å². The molecule has 136 valence electrons. The number of benzene rings is 2. The minimum atomic E-state index is -0.144.